The van der Waals surface area contributed by atoms with Gasteiger partial charge in [0.25, 0.3) is 0 Å². The van der Waals surface area contributed by atoms with Crippen molar-refractivity contribution in [1.29, 1.82) is 0 Å². The topological polar surface area (TPSA) is 41.6 Å². The number of nitrogens with one attached hydrogen (secondary N) is 1. The number of anilines is 1. The number of likely N-dealkylation sites (N-methyl/N-ethyl adjacent to an activating group) is 1. The second-order valence-corrected chi connectivity index (χ2v) is 7.16. The van der Waals surface area contributed by atoms with E-state index in [4.69, 9.17) is 16.3 Å². The van der Waals surface area contributed by atoms with E-state index in [2.05, 4.69) is 10.2 Å². The molecule has 0 bridgehead atoms. The normalized spacial score (nSPS) is 12.2. The van der Waals surface area contributed by atoms with Crippen molar-refractivity contribution in [3.63, 3.8) is 0 Å². The van der Waals surface area contributed by atoms with E-state index in [-0.39, 0.29) is 11.9 Å². The zero-order valence-corrected chi connectivity index (χ0v) is 15.8. The molecule has 24 heavy (non-hydrogen) atoms. The molecule has 0 spiro atoms. The van der Waals surface area contributed by atoms with E-state index in [1.54, 1.807) is 11.3 Å². The summed E-state index contributed by atoms with van der Waals surface area (Å²) in [5, 5.41) is 2.97. The Morgan fingerprint density at radius 1 is 1.29 bits per heavy atom. The number of thiophene rings is 1. The third-order valence-corrected chi connectivity index (χ3v) is 4.98. The molecule has 0 fully saturated rings. The Labute approximate surface area is 152 Å². The zero-order valence-electron chi connectivity index (χ0n) is 14.2. The summed E-state index contributed by atoms with van der Waals surface area (Å²) >= 11 is 7.54. The number of rotatable bonds is 8. The average Bonchev–Trinajstić information content (AvgIpc) is 2.99. The van der Waals surface area contributed by atoms with Gasteiger partial charge in [0.05, 0.1) is 22.7 Å². The van der Waals surface area contributed by atoms with Crippen LogP contribution < -0.4 is 10.1 Å². The first-order valence-corrected chi connectivity index (χ1v) is 9.25. The van der Waals surface area contributed by atoms with Crippen LogP contribution in [0, 0.1) is 0 Å². The van der Waals surface area contributed by atoms with Gasteiger partial charge in [0.15, 0.2) is 0 Å². The first-order chi connectivity index (χ1) is 11.5. The highest BCUT2D eigenvalue weighted by molar-refractivity contribution is 7.16. The van der Waals surface area contributed by atoms with Gasteiger partial charge in [-0.25, -0.2) is 0 Å². The fraction of sp³-hybridized carbons (Fsp3) is 0.389. The lowest BCUT2D eigenvalue weighted by atomic mass is 10.2. The second-order valence-electron chi connectivity index (χ2n) is 5.36. The standard InChI is InChI=1S/C18H23ClN2O2S/c1-4-21(12-14-10-11-17(19)24-14)13(3)18(22)20-15-8-6-7-9-16(15)23-5-2/h6-11,13H,4-5,12H2,1-3H3,(H,20,22). The fourth-order valence-corrected chi connectivity index (χ4v) is 3.53. The van der Waals surface area contributed by atoms with Crippen LogP contribution in [0.4, 0.5) is 5.69 Å². The van der Waals surface area contributed by atoms with Gasteiger partial charge in [0, 0.05) is 11.4 Å². The van der Waals surface area contributed by atoms with E-state index in [0.717, 1.165) is 15.8 Å². The fourth-order valence-electron chi connectivity index (χ4n) is 2.41. The van der Waals surface area contributed by atoms with Gasteiger partial charge in [-0.2, -0.15) is 0 Å². The number of para-hydroxylation sites is 2. The Morgan fingerprint density at radius 3 is 2.67 bits per heavy atom. The van der Waals surface area contributed by atoms with Crippen molar-refractivity contribution in [2.75, 3.05) is 18.5 Å². The molecule has 1 aromatic carbocycles. The third-order valence-electron chi connectivity index (χ3n) is 3.77. The Hall–Kier alpha value is -1.56. The maximum absolute atomic E-state index is 12.6. The van der Waals surface area contributed by atoms with Crippen molar-refractivity contribution in [2.45, 2.75) is 33.4 Å². The number of halogens is 1. The van der Waals surface area contributed by atoms with Gasteiger partial charge in [-0.05, 0) is 44.7 Å². The Kier molecular flexibility index (Phi) is 7.09. The molecule has 1 amide bonds. The summed E-state index contributed by atoms with van der Waals surface area (Å²) in [4.78, 5) is 15.9. The Balaban J connectivity index is 2.04. The van der Waals surface area contributed by atoms with Gasteiger partial charge >= 0.3 is 0 Å². The van der Waals surface area contributed by atoms with Gasteiger partial charge in [-0.15, -0.1) is 11.3 Å². The summed E-state index contributed by atoms with van der Waals surface area (Å²) in [7, 11) is 0. The lowest BCUT2D eigenvalue weighted by Gasteiger charge is -2.26. The van der Waals surface area contributed by atoms with E-state index in [1.807, 2.05) is 57.2 Å². The maximum atomic E-state index is 12.6. The second kappa shape index (κ2) is 9.06. The quantitative estimate of drug-likeness (QED) is 0.739. The predicted octanol–water partition coefficient (Wildman–Crippen LogP) is 4.65. The van der Waals surface area contributed by atoms with Crippen molar-refractivity contribution in [3.8, 4) is 5.75 Å². The molecule has 0 radical (unpaired) electrons. The molecule has 6 heteroatoms. The monoisotopic (exact) mass is 366 g/mol. The van der Waals surface area contributed by atoms with Gasteiger partial charge in [-0.1, -0.05) is 30.7 Å². The van der Waals surface area contributed by atoms with E-state index in [1.165, 1.54) is 0 Å². The molecule has 0 saturated heterocycles. The van der Waals surface area contributed by atoms with Gasteiger partial charge in [0.2, 0.25) is 5.91 Å². The summed E-state index contributed by atoms with van der Waals surface area (Å²) in [5.41, 5.74) is 0.700. The molecule has 1 N–H and O–H groups in total. The third kappa shape index (κ3) is 4.97. The minimum Gasteiger partial charge on any atom is -0.492 e. The number of amides is 1. The Bertz CT molecular complexity index is 675. The molecule has 1 heterocycles. The molecule has 1 unspecified atom stereocenters. The van der Waals surface area contributed by atoms with Crippen LogP contribution in [0.25, 0.3) is 0 Å². The SMILES string of the molecule is CCOc1ccccc1NC(=O)C(C)N(CC)Cc1ccc(Cl)s1. The van der Waals surface area contributed by atoms with E-state index in [9.17, 15) is 4.79 Å². The van der Waals surface area contributed by atoms with Crippen LogP contribution in [0.15, 0.2) is 36.4 Å². The summed E-state index contributed by atoms with van der Waals surface area (Å²) < 4.78 is 6.33. The van der Waals surface area contributed by atoms with Crippen molar-refractivity contribution in [1.82, 2.24) is 4.90 Å². The molecule has 0 aliphatic carbocycles. The number of ether oxygens (including phenoxy) is 1. The highest BCUT2D eigenvalue weighted by Gasteiger charge is 2.21. The van der Waals surface area contributed by atoms with Crippen molar-refractivity contribution < 1.29 is 9.53 Å². The van der Waals surface area contributed by atoms with Crippen LogP contribution in [0.2, 0.25) is 4.34 Å². The molecule has 2 rings (SSSR count). The summed E-state index contributed by atoms with van der Waals surface area (Å²) in [6.45, 7) is 7.92. The molecule has 0 aliphatic rings. The molecule has 1 aromatic heterocycles. The van der Waals surface area contributed by atoms with Gasteiger partial charge in [-0.3, -0.25) is 9.69 Å². The molecule has 0 saturated carbocycles. The number of nitrogens with zero attached hydrogens (tertiary/aromatic N) is 1. The highest BCUT2D eigenvalue weighted by atomic mass is 35.5. The Morgan fingerprint density at radius 2 is 2.04 bits per heavy atom. The van der Waals surface area contributed by atoms with E-state index < -0.39 is 0 Å². The predicted molar refractivity (Wildman–Crippen MR) is 101 cm³/mol. The minimum absolute atomic E-state index is 0.0494. The smallest absolute Gasteiger partial charge is 0.241 e. The van der Waals surface area contributed by atoms with Gasteiger partial charge in [0.1, 0.15) is 5.75 Å². The largest absolute Gasteiger partial charge is 0.492 e. The molecule has 2 aromatic rings. The number of hydrogen-bond acceptors (Lipinski definition) is 4. The maximum Gasteiger partial charge on any atom is 0.241 e. The summed E-state index contributed by atoms with van der Waals surface area (Å²) in [5.74, 6) is 0.639. The minimum atomic E-state index is -0.259. The highest BCUT2D eigenvalue weighted by Crippen LogP contribution is 2.25. The number of carbonyl (C=O) groups is 1. The molecule has 1 atom stereocenters. The van der Waals surface area contributed by atoms with E-state index in [0.29, 0.717) is 24.6 Å². The van der Waals surface area contributed by atoms with Crippen LogP contribution in [0.1, 0.15) is 25.6 Å². The lowest BCUT2D eigenvalue weighted by Crippen LogP contribution is -2.41. The summed E-state index contributed by atoms with van der Waals surface area (Å²) in [6.07, 6.45) is 0. The van der Waals surface area contributed by atoms with Crippen molar-refractivity contribution in [3.05, 3.63) is 45.6 Å². The van der Waals surface area contributed by atoms with E-state index >= 15 is 0 Å². The first kappa shape index (κ1) is 18.8. The van der Waals surface area contributed by atoms with Crippen molar-refractivity contribution >= 4 is 34.5 Å². The molecule has 4 nitrogen and oxygen atoms in total. The summed E-state index contributed by atoms with van der Waals surface area (Å²) in [6, 6.07) is 11.1. The first-order valence-electron chi connectivity index (χ1n) is 8.06. The van der Waals surface area contributed by atoms with Crippen molar-refractivity contribution in [2.24, 2.45) is 0 Å². The molecule has 130 valence electrons. The van der Waals surface area contributed by atoms with Crippen LogP contribution in [-0.2, 0) is 11.3 Å². The van der Waals surface area contributed by atoms with Crippen LogP contribution in [0.3, 0.4) is 0 Å². The molecule has 0 aliphatic heterocycles. The lowest BCUT2D eigenvalue weighted by molar-refractivity contribution is -0.120. The zero-order chi connectivity index (χ0) is 17.5. The molecular weight excluding hydrogens is 344 g/mol. The number of benzene rings is 1. The van der Waals surface area contributed by atoms with Crippen LogP contribution in [0.5, 0.6) is 5.75 Å². The number of hydrogen-bond donors (Lipinski definition) is 1. The number of carbonyl (C=O) groups excluding carboxylic acids is 1. The van der Waals surface area contributed by atoms with Crippen LogP contribution >= 0.6 is 22.9 Å². The molecular formula is C18H23ClN2O2S. The van der Waals surface area contributed by atoms with Gasteiger partial charge < -0.3 is 10.1 Å². The van der Waals surface area contributed by atoms with Crippen LogP contribution in [-0.4, -0.2) is 30.0 Å². The average molecular weight is 367 g/mol.